The minimum atomic E-state index is 0. The van der Waals surface area contributed by atoms with Crippen LogP contribution >= 0.6 is 24.0 Å². The number of nitrogens with one attached hydrogen (secondary N) is 1. The largest absolute Gasteiger partial charge is 0.357 e. The first-order valence-corrected chi connectivity index (χ1v) is 8.32. The molecule has 1 N–H and O–H groups in total. The van der Waals surface area contributed by atoms with E-state index in [-0.39, 0.29) is 24.0 Å². The highest BCUT2D eigenvalue weighted by atomic mass is 127. The number of aliphatic imine (C=N–C) groups is 1. The van der Waals surface area contributed by atoms with Gasteiger partial charge in [-0.2, -0.15) is 5.10 Å². The number of benzene rings is 1. The molecular weight excluding hydrogens is 413 g/mol. The Morgan fingerprint density at radius 1 is 1.33 bits per heavy atom. The number of nitrogens with zero attached hydrogens (tertiary/aromatic N) is 4. The van der Waals surface area contributed by atoms with Crippen molar-refractivity contribution in [2.75, 3.05) is 19.6 Å². The second-order valence-electron chi connectivity index (χ2n) is 6.03. The number of aromatic nitrogens is 2. The summed E-state index contributed by atoms with van der Waals surface area (Å²) in [6.07, 6.45) is 5.08. The second-order valence-corrected chi connectivity index (χ2v) is 6.03. The van der Waals surface area contributed by atoms with Crippen molar-refractivity contribution >= 4 is 29.9 Å². The molecule has 0 saturated carbocycles. The molecule has 1 aromatic carbocycles. The van der Waals surface area contributed by atoms with Crippen LogP contribution in [-0.4, -0.2) is 40.3 Å². The third kappa shape index (κ3) is 4.72. The molecule has 1 saturated heterocycles. The van der Waals surface area contributed by atoms with Gasteiger partial charge in [0.05, 0.1) is 12.7 Å². The lowest BCUT2D eigenvalue weighted by Crippen LogP contribution is -2.40. The van der Waals surface area contributed by atoms with Gasteiger partial charge >= 0.3 is 0 Å². The fourth-order valence-electron chi connectivity index (χ4n) is 3.10. The van der Waals surface area contributed by atoms with E-state index in [1.54, 1.807) is 0 Å². The maximum Gasteiger partial charge on any atom is 0.194 e. The van der Waals surface area contributed by atoms with Crippen molar-refractivity contribution in [1.82, 2.24) is 20.0 Å². The van der Waals surface area contributed by atoms with Gasteiger partial charge in [0.15, 0.2) is 5.96 Å². The van der Waals surface area contributed by atoms with E-state index >= 15 is 0 Å². The van der Waals surface area contributed by atoms with Crippen LogP contribution in [0.2, 0.25) is 0 Å². The molecule has 2 heterocycles. The summed E-state index contributed by atoms with van der Waals surface area (Å²) in [6.45, 7) is 5.76. The van der Waals surface area contributed by atoms with Crippen LogP contribution in [0.5, 0.6) is 0 Å². The summed E-state index contributed by atoms with van der Waals surface area (Å²) in [5, 5.41) is 7.63. The van der Waals surface area contributed by atoms with Gasteiger partial charge in [-0.3, -0.25) is 4.68 Å². The highest BCUT2D eigenvalue weighted by molar-refractivity contribution is 14.0. The van der Waals surface area contributed by atoms with Crippen LogP contribution in [0.15, 0.2) is 47.7 Å². The Balaban J connectivity index is 0.00000208. The van der Waals surface area contributed by atoms with Crippen LogP contribution in [0.4, 0.5) is 0 Å². The Morgan fingerprint density at radius 3 is 2.79 bits per heavy atom. The maximum absolute atomic E-state index is 4.79. The highest BCUT2D eigenvalue weighted by Gasteiger charge is 2.25. The average Bonchev–Trinajstić information content (AvgIpc) is 3.21. The summed E-state index contributed by atoms with van der Waals surface area (Å²) < 4.78 is 1.82. The van der Waals surface area contributed by atoms with Crippen LogP contribution in [0.3, 0.4) is 0 Å². The maximum atomic E-state index is 4.79. The molecule has 1 unspecified atom stereocenters. The Labute approximate surface area is 161 Å². The zero-order valence-corrected chi connectivity index (χ0v) is 16.7. The molecule has 1 fully saturated rings. The van der Waals surface area contributed by atoms with E-state index in [9.17, 15) is 0 Å². The summed E-state index contributed by atoms with van der Waals surface area (Å²) in [6, 6.07) is 10.8. The van der Waals surface area contributed by atoms with Crippen molar-refractivity contribution in [3.63, 3.8) is 0 Å². The predicted molar refractivity (Wildman–Crippen MR) is 109 cm³/mol. The SMILES string of the molecule is CCNC(=NCc1cnn(C)c1)N1CCC(c2ccccc2)C1.I. The molecule has 1 aliphatic heterocycles. The molecule has 130 valence electrons. The Kier molecular flexibility index (Phi) is 7.08. The fourth-order valence-corrected chi connectivity index (χ4v) is 3.10. The van der Waals surface area contributed by atoms with Crippen molar-refractivity contribution in [2.45, 2.75) is 25.8 Å². The molecule has 0 bridgehead atoms. The van der Waals surface area contributed by atoms with E-state index in [0.29, 0.717) is 12.5 Å². The molecule has 6 heteroatoms. The first kappa shape index (κ1) is 18.8. The molecule has 3 rings (SSSR count). The van der Waals surface area contributed by atoms with Gasteiger partial charge in [-0.25, -0.2) is 4.99 Å². The van der Waals surface area contributed by atoms with Crippen LogP contribution < -0.4 is 5.32 Å². The van der Waals surface area contributed by atoms with E-state index in [1.807, 2.05) is 24.1 Å². The van der Waals surface area contributed by atoms with Gasteiger partial charge in [0.25, 0.3) is 0 Å². The molecule has 0 amide bonds. The van der Waals surface area contributed by atoms with Gasteiger partial charge in [-0.1, -0.05) is 30.3 Å². The zero-order valence-electron chi connectivity index (χ0n) is 14.4. The molecule has 0 aliphatic carbocycles. The normalized spacial score (nSPS) is 17.7. The molecule has 1 atom stereocenters. The molecule has 24 heavy (non-hydrogen) atoms. The second kappa shape index (κ2) is 9.05. The topological polar surface area (TPSA) is 45.5 Å². The molecule has 0 radical (unpaired) electrons. The van der Waals surface area contributed by atoms with Gasteiger partial charge in [-0.15, -0.1) is 24.0 Å². The van der Waals surface area contributed by atoms with Gasteiger partial charge in [0.1, 0.15) is 0 Å². The summed E-state index contributed by atoms with van der Waals surface area (Å²) in [5.41, 5.74) is 2.57. The van der Waals surface area contributed by atoms with Gasteiger partial charge in [0, 0.05) is 44.4 Å². The zero-order chi connectivity index (χ0) is 16.1. The molecule has 1 aliphatic rings. The first-order valence-electron chi connectivity index (χ1n) is 8.32. The quantitative estimate of drug-likeness (QED) is 0.453. The van der Waals surface area contributed by atoms with Crippen LogP contribution in [0.25, 0.3) is 0 Å². The van der Waals surface area contributed by atoms with E-state index in [2.05, 4.69) is 52.6 Å². The van der Waals surface area contributed by atoms with Crippen LogP contribution in [0.1, 0.15) is 30.4 Å². The number of rotatable bonds is 4. The van der Waals surface area contributed by atoms with Crippen LogP contribution in [-0.2, 0) is 13.6 Å². The Hall–Kier alpha value is -1.57. The lowest BCUT2D eigenvalue weighted by Gasteiger charge is -2.21. The fraction of sp³-hybridized carbons (Fsp3) is 0.444. The molecular formula is C18H26IN5. The summed E-state index contributed by atoms with van der Waals surface area (Å²) in [7, 11) is 1.93. The van der Waals surface area contributed by atoms with Gasteiger partial charge < -0.3 is 10.2 Å². The predicted octanol–water partition coefficient (Wildman–Crippen LogP) is 2.99. The molecule has 1 aromatic heterocycles. The van der Waals surface area contributed by atoms with Gasteiger partial charge in [0.2, 0.25) is 0 Å². The van der Waals surface area contributed by atoms with E-state index in [4.69, 9.17) is 4.99 Å². The average molecular weight is 439 g/mol. The van der Waals surface area contributed by atoms with Crippen molar-refractivity contribution in [3.05, 3.63) is 53.9 Å². The minimum absolute atomic E-state index is 0. The number of hydrogen-bond acceptors (Lipinski definition) is 2. The summed E-state index contributed by atoms with van der Waals surface area (Å²) in [5.74, 6) is 1.60. The lowest BCUT2D eigenvalue weighted by atomic mass is 9.99. The third-order valence-electron chi connectivity index (χ3n) is 4.26. The van der Waals surface area contributed by atoms with Crippen molar-refractivity contribution in [1.29, 1.82) is 0 Å². The number of aryl methyl sites for hydroxylation is 1. The summed E-state index contributed by atoms with van der Waals surface area (Å²) >= 11 is 0. The summed E-state index contributed by atoms with van der Waals surface area (Å²) in [4.78, 5) is 7.16. The Bertz CT molecular complexity index is 652. The van der Waals surface area contributed by atoms with Crippen molar-refractivity contribution < 1.29 is 0 Å². The first-order chi connectivity index (χ1) is 11.3. The van der Waals surface area contributed by atoms with E-state index < -0.39 is 0 Å². The van der Waals surface area contributed by atoms with Gasteiger partial charge in [-0.05, 0) is 18.9 Å². The smallest absolute Gasteiger partial charge is 0.194 e. The highest BCUT2D eigenvalue weighted by Crippen LogP contribution is 2.26. The molecule has 2 aromatic rings. The number of halogens is 1. The third-order valence-corrected chi connectivity index (χ3v) is 4.26. The number of hydrogen-bond donors (Lipinski definition) is 1. The molecule has 5 nitrogen and oxygen atoms in total. The van der Waals surface area contributed by atoms with Crippen LogP contribution in [0, 0.1) is 0 Å². The van der Waals surface area contributed by atoms with Crippen molar-refractivity contribution in [2.24, 2.45) is 12.0 Å². The monoisotopic (exact) mass is 439 g/mol. The van der Waals surface area contributed by atoms with E-state index in [0.717, 1.165) is 31.2 Å². The Morgan fingerprint density at radius 2 is 2.12 bits per heavy atom. The van der Waals surface area contributed by atoms with E-state index in [1.165, 1.54) is 12.0 Å². The number of guanidine groups is 1. The minimum Gasteiger partial charge on any atom is -0.357 e. The lowest BCUT2D eigenvalue weighted by molar-refractivity contribution is 0.486. The standard InChI is InChI=1S/C18H25N5.HI/c1-3-19-18(20-11-15-12-21-22(2)13-15)23-10-9-17(14-23)16-7-5-4-6-8-16;/h4-8,12-13,17H,3,9-11,14H2,1-2H3,(H,19,20);1H. The van der Waals surface area contributed by atoms with Crippen molar-refractivity contribution in [3.8, 4) is 0 Å². The molecule has 0 spiro atoms. The number of likely N-dealkylation sites (tertiary alicyclic amines) is 1.